The molecule has 31 heavy (non-hydrogen) atoms. The fourth-order valence-corrected chi connectivity index (χ4v) is 3.82. The van der Waals surface area contributed by atoms with Gasteiger partial charge in [-0.15, -0.1) is 0 Å². The third-order valence-electron chi connectivity index (χ3n) is 5.62. The highest BCUT2D eigenvalue weighted by Gasteiger charge is 2.32. The van der Waals surface area contributed by atoms with Gasteiger partial charge in [0.25, 0.3) is 5.91 Å². The minimum Gasteiger partial charge on any atom is -0.472 e. The van der Waals surface area contributed by atoms with E-state index in [0.29, 0.717) is 40.5 Å². The van der Waals surface area contributed by atoms with E-state index in [2.05, 4.69) is 27.9 Å². The zero-order valence-electron chi connectivity index (χ0n) is 17.5. The molecular formula is C24H23N5O2. The Balaban J connectivity index is 1.58. The van der Waals surface area contributed by atoms with E-state index in [1.54, 1.807) is 30.7 Å². The summed E-state index contributed by atoms with van der Waals surface area (Å²) >= 11 is 0. The Kier molecular flexibility index (Phi) is 5.89. The van der Waals surface area contributed by atoms with Crippen LogP contribution in [0.4, 0.5) is 0 Å². The van der Waals surface area contributed by atoms with Crippen LogP contribution in [-0.2, 0) is 0 Å². The molecule has 7 nitrogen and oxygen atoms in total. The predicted molar refractivity (Wildman–Crippen MR) is 115 cm³/mol. The molecule has 1 saturated heterocycles. The summed E-state index contributed by atoms with van der Waals surface area (Å²) in [6, 6.07) is 13.1. The van der Waals surface area contributed by atoms with Gasteiger partial charge in [-0.2, -0.15) is 5.26 Å². The van der Waals surface area contributed by atoms with Crippen LogP contribution in [0.1, 0.15) is 41.3 Å². The zero-order chi connectivity index (χ0) is 21.8. The molecule has 2 unspecified atom stereocenters. The van der Waals surface area contributed by atoms with Gasteiger partial charge in [0.15, 0.2) is 5.82 Å². The number of carbonyl (C=O) groups is 1. The molecule has 0 bridgehead atoms. The molecule has 7 heteroatoms. The van der Waals surface area contributed by atoms with Crippen LogP contribution in [0.3, 0.4) is 0 Å². The van der Waals surface area contributed by atoms with Crippen molar-refractivity contribution in [3.05, 3.63) is 71.7 Å². The Hall–Kier alpha value is -3.79. The molecule has 3 aromatic rings. The van der Waals surface area contributed by atoms with Gasteiger partial charge in [-0.1, -0.05) is 18.2 Å². The molecule has 4 rings (SSSR count). The van der Waals surface area contributed by atoms with Crippen molar-refractivity contribution in [3.63, 3.8) is 0 Å². The number of nitriles is 1. The van der Waals surface area contributed by atoms with Crippen LogP contribution in [-0.4, -0.2) is 44.4 Å². The Morgan fingerprint density at radius 3 is 2.65 bits per heavy atom. The van der Waals surface area contributed by atoms with Gasteiger partial charge >= 0.3 is 0 Å². The molecule has 1 aromatic carbocycles. The number of rotatable bonds is 4. The van der Waals surface area contributed by atoms with Crippen molar-refractivity contribution >= 4 is 5.91 Å². The first-order chi connectivity index (χ1) is 15.1. The zero-order valence-corrected chi connectivity index (χ0v) is 17.5. The fourth-order valence-electron chi connectivity index (χ4n) is 3.82. The maximum absolute atomic E-state index is 13.5. The molecule has 1 aliphatic rings. The molecule has 1 amide bonds. The second-order valence-corrected chi connectivity index (χ2v) is 7.64. The van der Waals surface area contributed by atoms with Gasteiger partial charge in [0, 0.05) is 35.8 Å². The summed E-state index contributed by atoms with van der Waals surface area (Å²) in [5.41, 5.74) is 2.54. The van der Waals surface area contributed by atoms with Crippen LogP contribution in [0.15, 0.2) is 55.0 Å². The molecule has 156 valence electrons. The number of ether oxygens (including phenoxy) is 1. The lowest BCUT2D eigenvalue weighted by molar-refractivity contribution is 0.0371. The molecule has 2 aromatic heterocycles. The number of piperidine rings is 1. The van der Waals surface area contributed by atoms with Crippen LogP contribution in [0.25, 0.3) is 11.4 Å². The van der Waals surface area contributed by atoms with Gasteiger partial charge < -0.3 is 9.64 Å². The fraction of sp³-hybridized carbons (Fsp3) is 0.292. The maximum Gasteiger partial charge on any atom is 0.254 e. The molecule has 3 heterocycles. The first-order valence-electron chi connectivity index (χ1n) is 10.3. The number of amides is 1. The number of likely N-dealkylation sites (tertiary alicyclic amines) is 1. The number of aromatic nitrogens is 3. The first kappa shape index (κ1) is 20.5. The standard InChI is InChI=1S/C24H23N5O2/c1-16-8-9-19(31-23-17(2)18(14-25)10-13-28-23)15-29(16)24(30)21-7-4-3-6-20(21)22-26-11-5-12-27-22/h3-7,10-13,16,19H,8-9,15H2,1-2H3. The number of hydrogen-bond acceptors (Lipinski definition) is 6. The second kappa shape index (κ2) is 8.92. The highest BCUT2D eigenvalue weighted by atomic mass is 16.5. The molecule has 0 saturated carbocycles. The van der Waals surface area contributed by atoms with Crippen LogP contribution in [0.2, 0.25) is 0 Å². The highest BCUT2D eigenvalue weighted by molar-refractivity contribution is 6.00. The van der Waals surface area contributed by atoms with Gasteiger partial charge in [-0.3, -0.25) is 4.79 Å². The summed E-state index contributed by atoms with van der Waals surface area (Å²) in [7, 11) is 0. The third-order valence-corrected chi connectivity index (χ3v) is 5.62. The lowest BCUT2D eigenvalue weighted by Crippen LogP contribution is -2.49. The van der Waals surface area contributed by atoms with Gasteiger partial charge in [0.05, 0.1) is 23.7 Å². The van der Waals surface area contributed by atoms with Crippen molar-refractivity contribution in [2.75, 3.05) is 6.54 Å². The molecule has 2 atom stereocenters. The first-order valence-corrected chi connectivity index (χ1v) is 10.3. The average molecular weight is 413 g/mol. The van der Waals surface area contributed by atoms with E-state index < -0.39 is 0 Å². The van der Waals surface area contributed by atoms with E-state index >= 15 is 0 Å². The quantitative estimate of drug-likeness (QED) is 0.646. The third kappa shape index (κ3) is 4.24. The second-order valence-electron chi connectivity index (χ2n) is 7.64. The molecule has 0 radical (unpaired) electrons. The normalized spacial score (nSPS) is 18.3. The van der Waals surface area contributed by atoms with E-state index in [-0.39, 0.29) is 18.1 Å². The maximum atomic E-state index is 13.5. The van der Waals surface area contributed by atoms with Crippen molar-refractivity contribution < 1.29 is 9.53 Å². The molecule has 1 fully saturated rings. The summed E-state index contributed by atoms with van der Waals surface area (Å²) in [6.07, 6.45) is 6.35. The average Bonchev–Trinajstić information content (AvgIpc) is 2.82. The Bertz CT molecular complexity index is 1130. The summed E-state index contributed by atoms with van der Waals surface area (Å²) in [6.45, 7) is 4.32. The minimum atomic E-state index is -0.194. The molecule has 0 spiro atoms. The van der Waals surface area contributed by atoms with E-state index in [9.17, 15) is 10.1 Å². The molecule has 1 aliphatic heterocycles. The van der Waals surface area contributed by atoms with Crippen molar-refractivity contribution in [1.82, 2.24) is 19.9 Å². The van der Waals surface area contributed by atoms with Gasteiger partial charge in [-0.05, 0) is 44.9 Å². The van der Waals surface area contributed by atoms with E-state index in [1.807, 2.05) is 36.1 Å². The van der Waals surface area contributed by atoms with Gasteiger partial charge in [-0.25, -0.2) is 15.0 Å². The van der Waals surface area contributed by atoms with Crippen molar-refractivity contribution in [2.24, 2.45) is 0 Å². The van der Waals surface area contributed by atoms with Gasteiger partial charge in [0.2, 0.25) is 5.88 Å². The smallest absolute Gasteiger partial charge is 0.254 e. The van der Waals surface area contributed by atoms with E-state index in [1.165, 1.54) is 0 Å². The van der Waals surface area contributed by atoms with Gasteiger partial charge in [0.1, 0.15) is 6.10 Å². The Labute approximate surface area is 181 Å². The summed E-state index contributed by atoms with van der Waals surface area (Å²) in [5, 5.41) is 9.25. The monoisotopic (exact) mass is 413 g/mol. The van der Waals surface area contributed by atoms with Crippen molar-refractivity contribution in [3.8, 4) is 23.3 Å². The SMILES string of the molecule is Cc1c(C#N)ccnc1OC1CCC(C)N(C(=O)c2ccccc2-c2ncccn2)C1. The summed E-state index contributed by atoms with van der Waals surface area (Å²) in [5.74, 6) is 0.903. The summed E-state index contributed by atoms with van der Waals surface area (Å²) < 4.78 is 6.13. The van der Waals surface area contributed by atoms with Crippen LogP contribution < -0.4 is 4.74 Å². The van der Waals surface area contributed by atoms with Crippen LogP contribution in [0, 0.1) is 18.3 Å². The number of carbonyl (C=O) groups excluding carboxylic acids is 1. The largest absolute Gasteiger partial charge is 0.472 e. The minimum absolute atomic E-state index is 0.0701. The molecule has 0 aliphatic carbocycles. The van der Waals surface area contributed by atoms with E-state index in [4.69, 9.17) is 4.74 Å². The van der Waals surface area contributed by atoms with Crippen molar-refractivity contribution in [1.29, 1.82) is 5.26 Å². The lowest BCUT2D eigenvalue weighted by atomic mass is 9.98. The number of nitrogens with zero attached hydrogens (tertiary/aromatic N) is 5. The molecular weight excluding hydrogens is 390 g/mol. The van der Waals surface area contributed by atoms with Crippen LogP contribution in [0.5, 0.6) is 5.88 Å². The van der Waals surface area contributed by atoms with E-state index in [0.717, 1.165) is 12.8 Å². The van der Waals surface area contributed by atoms with Crippen molar-refractivity contribution in [2.45, 2.75) is 38.8 Å². The number of hydrogen-bond donors (Lipinski definition) is 0. The highest BCUT2D eigenvalue weighted by Crippen LogP contribution is 2.28. The number of pyridine rings is 1. The predicted octanol–water partition coefficient (Wildman–Crippen LogP) is 3.79. The topological polar surface area (TPSA) is 92.0 Å². The molecule has 0 N–H and O–H groups in total. The Morgan fingerprint density at radius 2 is 1.87 bits per heavy atom. The van der Waals surface area contributed by atoms with Crippen LogP contribution >= 0.6 is 0 Å². The summed E-state index contributed by atoms with van der Waals surface area (Å²) in [4.78, 5) is 28.3. The Morgan fingerprint density at radius 1 is 1.10 bits per heavy atom. The lowest BCUT2D eigenvalue weighted by Gasteiger charge is -2.38. The number of benzene rings is 1.